The van der Waals surface area contributed by atoms with Crippen molar-refractivity contribution in [1.82, 2.24) is 15.1 Å². The number of anilines is 1. The van der Waals surface area contributed by atoms with E-state index in [0.717, 1.165) is 24.7 Å². The van der Waals surface area contributed by atoms with Crippen LogP contribution >= 0.6 is 0 Å². The van der Waals surface area contributed by atoms with E-state index in [1.165, 1.54) is 43.7 Å². The first-order valence-corrected chi connectivity index (χ1v) is 7.61. The predicted molar refractivity (Wildman–Crippen MR) is 80.6 cm³/mol. The number of rotatable bonds is 4. The number of nitrogens with zero attached hydrogens (tertiary/aromatic N) is 3. The molecule has 0 bridgehead atoms. The van der Waals surface area contributed by atoms with Gasteiger partial charge in [-0.15, -0.1) is 0 Å². The molecule has 1 N–H and O–H groups in total. The Morgan fingerprint density at radius 2 is 2.11 bits per heavy atom. The van der Waals surface area contributed by atoms with Crippen molar-refractivity contribution in [3.8, 4) is 0 Å². The van der Waals surface area contributed by atoms with Crippen LogP contribution in [0.4, 0.5) is 5.82 Å². The summed E-state index contributed by atoms with van der Waals surface area (Å²) in [7, 11) is 2.08. The van der Waals surface area contributed by atoms with Gasteiger partial charge in [0.2, 0.25) is 0 Å². The fourth-order valence-corrected chi connectivity index (χ4v) is 3.02. The highest BCUT2D eigenvalue weighted by Gasteiger charge is 2.21. The zero-order valence-electron chi connectivity index (χ0n) is 12.9. The summed E-state index contributed by atoms with van der Waals surface area (Å²) in [4.78, 5) is 2.54. The van der Waals surface area contributed by atoms with Crippen molar-refractivity contribution in [3.63, 3.8) is 0 Å². The van der Waals surface area contributed by atoms with Gasteiger partial charge in [-0.05, 0) is 38.6 Å². The third kappa shape index (κ3) is 3.30. The Labute approximate surface area is 117 Å². The van der Waals surface area contributed by atoms with Crippen molar-refractivity contribution >= 4 is 5.82 Å². The first kappa shape index (κ1) is 14.4. The molecule has 1 aromatic heterocycles. The Morgan fingerprint density at radius 3 is 2.84 bits per heavy atom. The van der Waals surface area contributed by atoms with Crippen molar-refractivity contribution in [1.29, 1.82) is 0 Å². The lowest BCUT2D eigenvalue weighted by Crippen LogP contribution is -2.28. The van der Waals surface area contributed by atoms with Crippen LogP contribution in [0.15, 0.2) is 0 Å². The summed E-state index contributed by atoms with van der Waals surface area (Å²) < 4.78 is 2.07. The van der Waals surface area contributed by atoms with Crippen molar-refractivity contribution in [2.75, 3.05) is 24.5 Å². The average molecular weight is 264 g/mol. The molecule has 1 aliphatic heterocycles. The van der Waals surface area contributed by atoms with E-state index in [-0.39, 0.29) is 0 Å². The lowest BCUT2D eigenvalue weighted by atomic mass is 10.0. The smallest absolute Gasteiger partial charge is 0.131 e. The minimum Gasteiger partial charge on any atom is -0.357 e. The molecule has 108 valence electrons. The van der Waals surface area contributed by atoms with E-state index in [1.54, 1.807) is 0 Å². The second-order valence-electron chi connectivity index (χ2n) is 5.81. The van der Waals surface area contributed by atoms with Gasteiger partial charge in [-0.2, -0.15) is 5.10 Å². The molecular weight excluding hydrogens is 236 g/mol. The van der Waals surface area contributed by atoms with Crippen molar-refractivity contribution in [3.05, 3.63) is 11.3 Å². The monoisotopic (exact) mass is 264 g/mol. The Balaban J connectivity index is 2.21. The van der Waals surface area contributed by atoms with Crippen LogP contribution in [0.2, 0.25) is 0 Å². The number of nitrogens with one attached hydrogen (secondary N) is 1. The molecule has 1 saturated heterocycles. The van der Waals surface area contributed by atoms with E-state index in [4.69, 9.17) is 0 Å². The summed E-state index contributed by atoms with van der Waals surface area (Å²) in [5.74, 6) is 2.18. The van der Waals surface area contributed by atoms with Crippen LogP contribution in [0.5, 0.6) is 0 Å². The Bertz CT molecular complexity index is 411. The summed E-state index contributed by atoms with van der Waals surface area (Å²) in [6.07, 6.45) is 3.95. The van der Waals surface area contributed by atoms with Gasteiger partial charge in [-0.3, -0.25) is 4.68 Å². The largest absolute Gasteiger partial charge is 0.357 e. The van der Waals surface area contributed by atoms with E-state index in [0.29, 0.717) is 0 Å². The van der Waals surface area contributed by atoms with Gasteiger partial charge in [0, 0.05) is 32.2 Å². The summed E-state index contributed by atoms with van der Waals surface area (Å²) >= 11 is 0. The molecule has 1 unspecified atom stereocenters. The summed E-state index contributed by atoms with van der Waals surface area (Å²) in [6.45, 7) is 10.9. The standard InChI is InChI=1S/C15H28N4/c1-5-16-11-14-13(3)17-18(4)15(14)19-9-6-7-12(2)8-10-19/h12,16H,5-11H2,1-4H3. The van der Waals surface area contributed by atoms with Crippen molar-refractivity contribution in [2.24, 2.45) is 13.0 Å². The van der Waals surface area contributed by atoms with Gasteiger partial charge >= 0.3 is 0 Å². The topological polar surface area (TPSA) is 33.1 Å². The molecular formula is C15H28N4. The van der Waals surface area contributed by atoms with Gasteiger partial charge in [0.25, 0.3) is 0 Å². The van der Waals surface area contributed by atoms with E-state index in [2.05, 4.69) is 47.8 Å². The van der Waals surface area contributed by atoms with Crippen LogP contribution in [0, 0.1) is 12.8 Å². The minimum absolute atomic E-state index is 0.858. The Hall–Kier alpha value is -1.03. The lowest BCUT2D eigenvalue weighted by molar-refractivity contribution is 0.520. The maximum absolute atomic E-state index is 4.62. The first-order valence-electron chi connectivity index (χ1n) is 7.61. The molecule has 0 amide bonds. The van der Waals surface area contributed by atoms with Crippen molar-refractivity contribution < 1.29 is 0 Å². The highest BCUT2D eigenvalue weighted by Crippen LogP contribution is 2.27. The van der Waals surface area contributed by atoms with E-state index >= 15 is 0 Å². The van der Waals surface area contributed by atoms with Crippen LogP contribution in [-0.4, -0.2) is 29.4 Å². The maximum Gasteiger partial charge on any atom is 0.131 e. The second kappa shape index (κ2) is 6.42. The summed E-state index contributed by atoms with van der Waals surface area (Å²) in [5, 5.41) is 8.07. The quantitative estimate of drug-likeness (QED) is 0.907. The number of hydrogen-bond acceptors (Lipinski definition) is 3. The zero-order chi connectivity index (χ0) is 13.8. The lowest BCUT2D eigenvalue weighted by Gasteiger charge is -2.24. The molecule has 0 saturated carbocycles. The SMILES string of the molecule is CCNCc1c(C)nn(C)c1N1CCCC(C)CC1. The molecule has 4 heteroatoms. The second-order valence-corrected chi connectivity index (χ2v) is 5.81. The number of aromatic nitrogens is 2. The van der Waals surface area contributed by atoms with Crippen LogP contribution in [-0.2, 0) is 13.6 Å². The molecule has 0 aromatic carbocycles. The van der Waals surface area contributed by atoms with Gasteiger partial charge < -0.3 is 10.2 Å². The molecule has 19 heavy (non-hydrogen) atoms. The van der Waals surface area contributed by atoms with Crippen LogP contribution in [0.3, 0.4) is 0 Å². The Kier molecular flexibility index (Phi) is 4.86. The van der Waals surface area contributed by atoms with Crippen LogP contribution in [0.1, 0.15) is 44.4 Å². The Morgan fingerprint density at radius 1 is 1.32 bits per heavy atom. The molecule has 1 aromatic rings. The van der Waals surface area contributed by atoms with Gasteiger partial charge in [-0.1, -0.05) is 13.8 Å². The fourth-order valence-electron chi connectivity index (χ4n) is 3.02. The molecule has 4 nitrogen and oxygen atoms in total. The molecule has 0 radical (unpaired) electrons. The van der Waals surface area contributed by atoms with Crippen LogP contribution in [0.25, 0.3) is 0 Å². The van der Waals surface area contributed by atoms with Gasteiger partial charge in [-0.25, -0.2) is 0 Å². The van der Waals surface area contributed by atoms with Gasteiger partial charge in [0.1, 0.15) is 5.82 Å². The van der Waals surface area contributed by atoms with E-state index in [1.807, 2.05) is 0 Å². The number of aryl methyl sites for hydroxylation is 2. The van der Waals surface area contributed by atoms with E-state index < -0.39 is 0 Å². The van der Waals surface area contributed by atoms with Gasteiger partial charge in [0.15, 0.2) is 0 Å². The summed E-state index contributed by atoms with van der Waals surface area (Å²) in [6, 6.07) is 0. The highest BCUT2D eigenvalue weighted by molar-refractivity contribution is 5.50. The number of hydrogen-bond donors (Lipinski definition) is 1. The normalized spacial score (nSPS) is 20.6. The minimum atomic E-state index is 0.858. The molecule has 1 fully saturated rings. The molecule has 0 spiro atoms. The van der Waals surface area contributed by atoms with Crippen LogP contribution < -0.4 is 10.2 Å². The highest BCUT2D eigenvalue weighted by atomic mass is 15.4. The molecule has 2 rings (SSSR count). The molecule has 1 atom stereocenters. The third-order valence-electron chi connectivity index (χ3n) is 4.18. The molecule has 0 aliphatic carbocycles. The van der Waals surface area contributed by atoms with Crippen molar-refractivity contribution in [2.45, 2.75) is 46.6 Å². The predicted octanol–water partition coefficient (Wildman–Crippen LogP) is 2.46. The van der Waals surface area contributed by atoms with E-state index in [9.17, 15) is 0 Å². The maximum atomic E-state index is 4.62. The fraction of sp³-hybridized carbons (Fsp3) is 0.800. The first-order chi connectivity index (χ1) is 9.13. The third-order valence-corrected chi connectivity index (χ3v) is 4.18. The summed E-state index contributed by atoms with van der Waals surface area (Å²) in [5.41, 5.74) is 2.54. The van der Waals surface area contributed by atoms with Gasteiger partial charge in [0.05, 0.1) is 5.69 Å². The molecule has 2 heterocycles. The zero-order valence-corrected chi connectivity index (χ0v) is 12.9. The average Bonchev–Trinajstić information content (AvgIpc) is 2.53. The molecule has 1 aliphatic rings.